The number of methoxy groups -OCH3 is 1. The topological polar surface area (TPSA) is 58.6 Å². The van der Waals surface area contributed by atoms with E-state index in [4.69, 9.17) is 4.74 Å². The maximum atomic E-state index is 14.8. The van der Waals surface area contributed by atoms with E-state index in [1.54, 1.807) is 11.0 Å². The molecule has 6 nitrogen and oxygen atoms in total. The van der Waals surface area contributed by atoms with E-state index in [-0.39, 0.29) is 28.7 Å². The van der Waals surface area contributed by atoms with Crippen LogP contribution in [0.25, 0.3) is 0 Å². The zero-order valence-electron chi connectivity index (χ0n) is 17.0. The van der Waals surface area contributed by atoms with Gasteiger partial charge >= 0.3 is 0 Å². The molecular weight excluding hydrogens is 439 g/mol. The van der Waals surface area contributed by atoms with Crippen molar-refractivity contribution in [2.45, 2.75) is 33.2 Å². The summed E-state index contributed by atoms with van der Waals surface area (Å²) in [4.78, 5) is 26.3. The molecule has 2 aromatic rings. The van der Waals surface area contributed by atoms with Gasteiger partial charge in [-0.2, -0.15) is 0 Å². The molecule has 0 N–H and O–H groups in total. The van der Waals surface area contributed by atoms with Gasteiger partial charge in [0.1, 0.15) is 0 Å². The van der Waals surface area contributed by atoms with Crippen LogP contribution >= 0.6 is 15.9 Å². The first-order valence-electron chi connectivity index (χ1n) is 9.64. The number of amides is 1. The number of hydrogen-bond donors (Lipinski definition) is 0. The molecule has 0 aliphatic carbocycles. The molecule has 0 spiro atoms. The van der Waals surface area contributed by atoms with Crippen LogP contribution in [0.4, 0.5) is 10.3 Å². The summed E-state index contributed by atoms with van der Waals surface area (Å²) in [6.07, 6.45) is 0.855. The lowest BCUT2D eigenvalue weighted by atomic mass is 9.68. The maximum Gasteiger partial charge on any atom is 0.258 e. The number of aryl methyl sites for hydroxylation is 2. The van der Waals surface area contributed by atoms with E-state index < -0.39 is 5.82 Å². The van der Waals surface area contributed by atoms with Gasteiger partial charge in [-0.15, -0.1) is 0 Å². The second-order valence-corrected chi connectivity index (χ2v) is 9.04. The average Bonchev–Trinajstić information content (AvgIpc) is 2.64. The number of ether oxygens (including phenoxy) is 1. The quantitative estimate of drug-likeness (QED) is 0.694. The van der Waals surface area contributed by atoms with Gasteiger partial charge in [0.25, 0.3) is 5.91 Å². The van der Waals surface area contributed by atoms with Crippen molar-refractivity contribution >= 4 is 27.8 Å². The predicted molar refractivity (Wildman–Crippen MR) is 112 cm³/mol. The molecule has 2 unspecified atom stereocenters. The number of halogens is 2. The second kappa shape index (κ2) is 7.23. The van der Waals surface area contributed by atoms with Crippen molar-refractivity contribution < 1.29 is 13.9 Å². The number of fused-ring (bicyclic) bond motifs is 1. The highest BCUT2D eigenvalue weighted by molar-refractivity contribution is 9.10. The zero-order valence-corrected chi connectivity index (χ0v) is 18.6. The minimum absolute atomic E-state index is 0.0153. The number of anilines is 1. The Labute approximate surface area is 178 Å². The number of nitrogens with zero attached hydrogens (tertiary/aromatic N) is 4. The minimum atomic E-state index is -0.636. The van der Waals surface area contributed by atoms with Crippen molar-refractivity contribution in [1.82, 2.24) is 14.9 Å². The van der Waals surface area contributed by atoms with Crippen molar-refractivity contribution in [3.05, 3.63) is 45.4 Å². The highest BCUT2D eigenvalue weighted by Gasteiger charge is 2.53. The summed E-state index contributed by atoms with van der Waals surface area (Å²) in [5, 5.41) is 0. The lowest BCUT2D eigenvalue weighted by molar-refractivity contribution is 0.0290. The van der Waals surface area contributed by atoms with Gasteiger partial charge in [0.05, 0.1) is 18.7 Å². The second-order valence-electron chi connectivity index (χ2n) is 8.19. The zero-order chi connectivity index (χ0) is 20.9. The fraction of sp³-hybridized carbons (Fsp3) is 0.476. The summed E-state index contributed by atoms with van der Waals surface area (Å²) in [7, 11) is 1.39. The van der Waals surface area contributed by atoms with E-state index in [0.29, 0.717) is 23.5 Å². The molecule has 0 bridgehead atoms. The van der Waals surface area contributed by atoms with Crippen molar-refractivity contribution in [1.29, 1.82) is 0 Å². The lowest BCUT2D eigenvalue weighted by Gasteiger charge is -2.60. The first kappa shape index (κ1) is 20.1. The third kappa shape index (κ3) is 3.37. The number of piperidine rings is 1. The lowest BCUT2D eigenvalue weighted by Crippen LogP contribution is -2.71. The summed E-state index contributed by atoms with van der Waals surface area (Å²) in [5.74, 6) is -0.202. The molecule has 154 valence electrons. The van der Waals surface area contributed by atoms with Gasteiger partial charge in [-0.1, -0.05) is 6.92 Å². The third-order valence-electron chi connectivity index (χ3n) is 6.06. The molecule has 2 saturated heterocycles. The third-order valence-corrected chi connectivity index (χ3v) is 6.72. The van der Waals surface area contributed by atoms with E-state index in [2.05, 4.69) is 37.7 Å². The van der Waals surface area contributed by atoms with Crippen LogP contribution < -0.4 is 9.64 Å². The standard InChI is InChI=1S/C21H24BrFN4O2/c1-12-9-13(2)25-20(24-12)27-11-21(3)7-8-26(10-16(21)27)19(28)17-14(22)5-6-15(29-4)18(17)23/h5-6,9,16H,7-8,10-11H2,1-4H3. The predicted octanol–water partition coefficient (Wildman–Crippen LogP) is 3.74. The molecule has 2 aliphatic rings. The molecule has 2 aliphatic heterocycles. The van der Waals surface area contributed by atoms with Gasteiger partial charge in [-0.25, -0.2) is 14.4 Å². The molecule has 0 saturated carbocycles. The van der Waals surface area contributed by atoms with Gasteiger partial charge in [-0.05, 0) is 54.4 Å². The summed E-state index contributed by atoms with van der Waals surface area (Å²) in [6.45, 7) is 8.11. The summed E-state index contributed by atoms with van der Waals surface area (Å²) in [5.41, 5.74) is 1.96. The fourth-order valence-corrected chi connectivity index (χ4v) is 4.87. The summed E-state index contributed by atoms with van der Waals surface area (Å²) >= 11 is 3.32. The molecule has 1 aromatic carbocycles. The average molecular weight is 463 g/mol. The molecule has 3 heterocycles. The van der Waals surface area contributed by atoms with E-state index >= 15 is 0 Å². The molecule has 8 heteroatoms. The van der Waals surface area contributed by atoms with Gasteiger partial charge in [0.15, 0.2) is 11.6 Å². The molecule has 1 aromatic heterocycles. The van der Waals surface area contributed by atoms with Crippen LogP contribution in [-0.4, -0.2) is 53.6 Å². The van der Waals surface area contributed by atoms with Gasteiger partial charge in [-0.3, -0.25) is 4.79 Å². The minimum Gasteiger partial charge on any atom is -0.494 e. The highest BCUT2D eigenvalue weighted by Crippen LogP contribution is 2.45. The van der Waals surface area contributed by atoms with Gasteiger partial charge in [0, 0.05) is 40.9 Å². The molecule has 2 atom stereocenters. The Morgan fingerprint density at radius 3 is 2.66 bits per heavy atom. The van der Waals surface area contributed by atoms with E-state index in [1.807, 2.05) is 19.9 Å². The SMILES string of the molecule is COc1ccc(Br)c(C(=O)N2CCC3(C)CN(c4nc(C)cc(C)n4)C3C2)c1F. The highest BCUT2D eigenvalue weighted by atomic mass is 79.9. The van der Waals surface area contributed by atoms with Crippen LogP contribution in [0.3, 0.4) is 0 Å². The van der Waals surface area contributed by atoms with Crippen LogP contribution in [0.15, 0.2) is 22.7 Å². The van der Waals surface area contributed by atoms with Gasteiger partial charge in [0.2, 0.25) is 5.95 Å². The number of carbonyl (C=O) groups is 1. The Morgan fingerprint density at radius 1 is 1.31 bits per heavy atom. The number of aromatic nitrogens is 2. The van der Waals surface area contributed by atoms with Crippen LogP contribution in [0.5, 0.6) is 5.75 Å². The first-order chi connectivity index (χ1) is 13.7. The fourth-order valence-electron chi connectivity index (χ4n) is 4.40. The molecule has 0 radical (unpaired) electrons. The molecular formula is C21H24BrFN4O2. The van der Waals surface area contributed by atoms with Gasteiger partial charge < -0.3 is 14.5 Å². The normalized spacial score (nSPS) is 23.4. The first-order valence-corrected chi connectivity index (χ1v) is 10.4. The van der Waals surface area contributed by atoms with Crippen LogP contribution in [0, 0.1) is 25.1 Å². The van der Waals surface area contributed by atoms with E-state index in [1.165, 1.54) is 13.2 Å². The van der Waals surface area contributed by atoms with E-state index in [0.717, 1.165) is 24.4 Å². The van der Waals surface area contributed by atoms with Crippen molar-refractivity contribution in [3.8, 4) is 5.75 Å². The Hall–Kier alpha value is -2.22. The largest absolute Gasteiger partial charge is 0.494 e. The Morgan fingerprint density at radius 2 is 2.00 bits per heavy atom. The van der Waals surface area contributed by atoms with Crippen molar-refractivity contribution in [2.75, 3.05) is 31.6 Å². The van der Waals surface area contributed by atoms with Crippen LogP contribution in [0.2, 0.25) is 0 Å². The Bertz CT molecular complexity index is 965. The molecule has 1 amide bonds. The number of likely N-dealkylation sites (tertiary alicyclic amines) is 1. The van der Waals surface area contributed by atoms with Crippen molar-refractivity contribution in [3.63, 3.8) is 0 Å². The summed E-state index contributed by atoms with van der Waals surface area (Å²) in [6, 6.07) is 5.20. The van der Waals surface area contributed by atoms with Crippen molar-refractivity contribution in [2.24, 2.45) is 5.41 Å². The number of carbonyl (C=O) groups excluding carboxylic acids is 1. The number of hydrogen-bond acceptors (Lipinski definition) is 5. The van der Waals surface area contributed by atoms with E-state index in [9.17, 15) is 9.18 Å². The smallest absolute Gasteiger partial charge is 0.258 e. The van der Waals surface area contributed by atoms with Crippen LogP contribution in [-0.2, 0) is 0 Å². The molecule has 2 fully saturated rings. The molecule has 4 rings (SSSR count). The monoisotopic (exact) mass is 462 g/mol. The number of benzene rings is 1. The maximum absolute atomic E-state index is 14.8. The Balaban J connectivity index is 1.60. The van der Waals surface area contributed by atoms with Crippen LogP contribution in [0.1, 0.15) is 35.1 Å². The molecule has 29 heavy (non-hydrogen) atoms. The summed E-state index contributed by atoms with van der Waals surface area (Å²) < 4.78 is 20.3. The number of rotatable bonds is 3. The Kier molecular flexibility index (Phi) is 5.01.